The largest absolute Gasteiger partial charge is 0.490 e. The van der Waals surface area contributed by atoms with Crippen molar-refractivity contribution in [1.82, 2.24) is 14.9 Å². The lowest BCUT2D eigenvalue weighted by Gasteiger charge is -2.23. The monoisotopic (exact) mass is 529 g/mol. The van der Waals surface area contributed by atoms with Crippen molar-refractivity contribution in [2.45, 2.75) is 64.7 Å². The van der Waals surface area contributed by atoms with Gasteiger partial charge in [0.1, 0.15) is 17.6 Å². The Labute approximate surface area is 228 Å². The smallest absolute Gasteiger partial charge is 0.251 e. The zero-order valence-electron chi connectivity index (χ0n) is 23.2. The fraction of sp³-hybridized carbons (Fsp3) is 0.414. The molecule has 1 unspecified atom stereocenters. The van der Waals surface area contributed by atoms with Crippen molar-refractivity contribution in [1.29, 1.82) is 5.26 Å². The van der Waals surface area contributed by atoms with E-state index in [2.05, 4.69) is 42.2 Å². The van der Waals surface area contributed by atoms with Gasteiger partial charge in [0.2, 0.25) is 0 Å². The number of hydrogen-bond acceptors (Lipinski definition) is 6. The van der Waals surface area contributed by atoms with Crippen LogP contribution in [0.5, 0.6) is 5.75 Å². The number of aliphatic hydroxyl groups is 1. The lowest BCUT2D eigenvalue weighted by Crippen LogP contribution is -2.46. The predicted octanol–water partition coefficient (Wildman–Crippen LogP) is 5.06. The third kappa shape index (κ3) is 7.60. The van der Waals surface area contributed by atoms with Gasteiger partial charge in [-0.2, -0.15) is 5.26 Å². The van der Waals surface area contributed by atoms with E-state index in [9.17, 15) is 15.2 Å². The molecule has 2 aromatic carbocycles. The summed E-state index contributed by atoms with van der Waals surface area (Å²) in [6.45, 7) is 9.86. The zero-order chi connectivity index (χ0) is 28.7. The summed E-state index contributed by atoms with van der Waals surface area (Å²) < 4.78 is 7.66. The van der Waals surface area contributed by atoms with Crippen molar-refractivity contribution >= 4 is 5.91 Å². The molecule has 0 bridgehead atoms. The number of aliphatic hydroxyl groups excluding tert-OH is 1. The van der Waals surface area contributed by atoms with Gasteiger partial charge in [0.05, 0.1) is 36.1 Å². The molecule has 0 spiro atoms. The number of nitrogens with zero attached hydrogens (tertiary/aromatic N) is 6. The van der Waals surface area contributed by atoms with E-state index < -0.39 is 18.1 Å². The Hall–Kier alpha value is -4.32. The highest BCUT2D eigenvalue weighted by Crippen LogP contribution is 2.26. The number of amides is 1. The van der Waals surface area contributed by atoms with Crippen LogP contribution in [0, 0.1) is 11.3 Å². The summed E-state index contributed by atoms with van der Waals surface area (Å²) in [5, 5.41) is 26.5. The summed E-state index contributed by atoms with van der Waals surface area (Å²) in [6.07, 6.45) is 1.05. The van der Waals surface area contributed by atoms with Crippen LogP contribution in [0.2, 0.25) is 0 Å². The molecule has 10 heteroatoms. The second-order valence-corrected chi connectivity index (χ2v) is 10.8. The summed E-state index contributed by atoms with van der Waals surface area (Å²) >= 11 is 0. The number of nitrogens with one attached hydrogen (secondary N) is 1. The molecular weight excluding hydrogens is 494 g/mol. The van der Waals surface area contributed by atoms with E-state index in [1.54, 1.807) is 12.1 Å². The predicted molar refractivity (Wildman–Crippen MR) is 149 cm³/mol. The molecule has 0 radical (unpaired) electrons. The van der Waals surface area contributed by atoms with Gasteiger partial charge in [-0.15, -0.1) is 0 Å². The summed E-state index contributed by atoms with van der Waals surface area (Å²) in [6, 6.07) is 13.7. The Morgan fingerprint density at radius 2 is 1.95 bits per heavy atom. The number of hydrogen-bond donors (Lipinski definition) is 2. The molecule has 0 aliphatic carbocycles. The Balaban J connectivity index is 1.81. The lowest BCUT2D eigenvalue weighted by molar-refractivity contribution is 0.0845. The van der Waals surface area contributed by atoms with Gasteiger partial charge in [-0.1, -0.05) is 50.2 Å². The molecule has 0 saturated heterocycles. The van der Waals surface area contributed by atoms with Crippen molar-refractivity contribution < 1.29 is 14.6 Å². The van der Waals surface area contributed by atoms with Crippen LogP contribution in [-0.4, -0.2) is 45.4 Å². The van der Waals surface area contributed by atoms with E-state index in [4.69, 9.17) is 15.3 Å². The van der Waals surface area contributed by atoms with Gasteiger partial charge in [0.25, 0.3) is 5.91 Å². The number of nitriles is 1. The van der Waals surface area contributed by atoms with Gasteiger partial charge in [-0.05, 0) is 49.6 Å². The number of ether oxygens (including phenoxy) is 1. The number of carbonyl (C=O) groups is 1. The summed E-state index contributed by atoms with van der Waals surface area (Å²) in [5.74, 6) is 0.910. The van der Waals surface area contributed by atoms with E-state index in [0.29, 0.717) is 12.2 Å². The quantitative estimate of drug-likeness (QED) is 0.214. The topological polar surface area (TPSA) is 149 Å². The van der Waals surface area contributed by atoms with Crippen LogP contribution in [0.1, 0.15) is 61.9 Å². The molecule has 2 N–H and O–H groups in total. The van der Waals surface area contributed by atoms with Crippen molar-refractivity contribution in [3.63, 3.8) is 0 Å². The number of imidazole rings is 1. The van der Waals surface area contributed by atoms with E-state index >= 15 is 0 Å². The minimum absolute atomic E-state index is 0.0871. The van der Waals surface area contributed by atoms with Crippen molar-refractivity contribution in [3.05, 3.63) is 81.6 Å². The molecule has 0 fully saturated rings. The molecule has 3 aromatic rings. The highest BCUT2D eigenvalue weighted by Gasteiger charge is 2.24. The molecule has 204 valence electrons. The Bertz CT molecular complexity index is 1390. The number of aromatic nitrogens is 2. The van der Waals surface area contributed by atoms with Crippen LogP contribution < -0.4 is 10.1 Å². The van der Waals surface area contributed by atoms with E-state index in [1.165, 1.54) is 6.07 Å². The maximum absolute atomic E-state index is 13.1. The average molecular weight is 530 g/mol. The molecule has 3 rings (SSSR count). The standard InChI is InChI=1S/C29H35N7O3/c1-18(2)39-26-12-11-21(14-22(26)15-30)27(38)33-23(25(37)16-32-35-31)13-19-7-9-20(10-8-19)24-17-36(6)28(34-24)29(3,4)5/h7-12,14,17-18,23,25,37H,13,16H2,1-6H3,(H,33,38)/t23-,25?/m0/s1. The Morgan fingerprint density at radius 3 is 2.51 bits per heavy atom. The van der Waals surface area contributed by atoms with Crippen LogP contribution in [0.15, 0.2) is 53.8 Å². The highest BCUT2D eigenvalue weighted by molar-refractivity contribution is 5.95. The molecule has 1 heterocycles. The van der Waals surface area contributed by atoms with Gasteiger partial charge in [0, 0.05) is 34.7 Å². The molecule has 0 aliphatic rings. The van der Waals surface area contributed by atoms with Crippen LogP contribution in [0.4, 0.5) is 0 Å². The summed E-state index contributed by atoms with van der Waals surface area (Å²) in [4.78, 5) is 20.6. The first-order valence-corrected chi connectivity index (χ1v) is 12.8. The molecule has 0 saturated carbocycles. The Kier molecular flexibility index (Phi) is 9.36. The van der Waals surface area contributed by atoms with Crippen LogP contribution in [0.3, 0.4) is 0 Å². The number of aryl methyl sites for hydroxylation is 1. The number of rotatable bonds is 10. The first kappa shape index (κ1) is 29.2. The molecule has 0 aliphatic heterocycles. The van der Waals surface area contributed by atoms with Gasteiger partial charge < -0.3 is 19.7 Å². The normalized spacial score (nSPS) is 12.8. The number of benzene rings is 2. The number of carbonyl (C=O) groups excluding carboxylic acids is 1. The van der Waals surface area contributed by atoms with Crippen molar-refractivity contribution in [2.75, 3.05) is 6.54 Å². The molecule has 1 amide bonds. The first-order valence-electron chi connectivity index (χ1n) is 12.8. The van der Waals surface area contributed by atoms with E-state index in [1.807, 2.05) is 55.9 Å². The minimum atomic E-state index is -1.12. The molecule has 39 heavy (non-hydrogen) atoms. The van der Waals surface area contributed by atoms with Crippen LogP contribution in [-0.2, 0) is 18.9 Å². The SMILES string of the molecule is CC(C)Oc1ccc(C(=O)N[C@@H](Cc2ccc(-c3cn(C)c(C(C)(C)C)n3)cc2)C(O)CN=[N+]=[N-])cc1C#N. The fourth-order valence-electron chi connectivity index (χ4n) is 4.27. The molecule has 1 aromatic heterocycles. The number of azide groups is 1. The fourth-order valence-corrected chi connectivity index (χ4v) is 4.27. The summed E-state index contributed by atoms with van der Waals surface area (Å²) in [5.41, 5.74) is 11.8. The first-order chi connectivity index (χ1) is 18.4. The van der Waals surface area contributed by atoms with E-state index in [0.717, 1.165) is 22.6 Å². The maximum atomic E-state index is 13.1. The van der Waals surface area contributed by atoms with Crippen LogP contribution in [0.25, 0.3) is 21.7 Å². The second-order valence-electron chi connectivity index (χ2n) is 10.8. The zero-order valence-corrected chi connectivity index (χ0v) is 23.2. The second kappa shape index (κ2) is 12.5. The third-order valence-corrected chi connectivity index (χ3v) is 6.09. The highest BCUT2D eigenvalue weighted by atomic mass is 16.5. The van der Waals surface area contributed by atoms with Gasteiger partial charge in [-0.3, -0.25) is 4.79 Å². The molecule has 10 nitrogen and oxygen atoms in total. The molecular formula is C29H35N7O3. The van der Waals surface area contributed by atoms with Gasteiger partial charge >= 0.3 is 0 Å². The Morgan fingerprint density at radius 1 is 1.26 bits per heavy atom. The van der Waals surface area contributed by atoms with Crippen LogP contribution >= 0.6 is 0 Å². The minimum Gasteiger partial charge on any atom is -0.490 e. The van der Waals surface area contributed by atoms with Gasteiger partial charge in [-0.25, -0.2) is 4.98 Å². The van der Waals surface area contributed by atoms with E-state index in [-0.39, 0.29) is 29.2 Å². The van der Waals surface area contributed by atoms with Crippen molar-refractivity contribution in [2.24, 2.45) is 12.2 Å². The van der Waals surface area contributed by atoms with Gasteiger partial charge in [0.15, 0.2) is 0 Å². The third-order valence-electron chi connectivity index (χ3n) is 6.09. The maximum Gasteiger partial charge on any atom is 0.251 e. The summed E-state index contributed by atoms with van der Waals surface area (Å²) in [7, 11) is 1.98. The molecule has 2 atom stereocenters. The van der Waals surface area contributed by atoms with Crippen molar-refractivity contribution in [3.8, 4) is 23.1 Å². The average Bonchev–Trinajstić information content (AvgIpc) is 3.29. The lowest BCUT2D eigenvalue weighted by atomic mass is 9.96.